The summed E-state index contributed by atoms with van der Waals surface area (Å²) >= 11 is 0. The lowest BCUT2D eigenvalue weighted by molar-refractivity contribution is -0.136. The molecule has 0 aliphatic carbocycles. The van der Waals surface area contributed by atoms with Gasteiger partial charge in [-0.1, -0.05) is 6.07 Å². The first-order valence-corrected chi connectivity index (χ1v) is 15.1. The molecule has 2 heterocycles. The molecule has 16 heteroatoms. The number of rotatable bonds is 18. The number of imide groups is 2. The maximum absolute atomic E-state index is 13.1. The molecule has 46 heavy (non-hydrogen) atoms. The molecule has 1 saturated heterocycles. The van der Waals surface area contributed by atoms with Crippen molar-refractivity contribution in [2.75, 3.05) is 77.8 Å². The zero-order chi connectivity index (χ0) is 33.7. The number of anilines is 1. The lowest BCUT2D eigenvalue weighted by Crippen LogP contribution is -2.54. The van der Waals surface area contributed by atoms with E-state index in [1.165, 1.54) is 23.1 Å². The van der Waals surface area contributed by atoms with Gasteiger partial charge in [0.2, 0.25) is 17.7 Å². The van der Waals surface area contributed by atoms with Crippen molar-refractivity contribution < 1.29 is 52.5 Å². The number of benzene rings is 1. The highest BCUT2D eigenvalue weighted by Crippen LogP contribution is 2.32. The molecule has 2 aliphatic heterocycles. The molecule has 16 nitrogen and oxygen atoms in total. The van der Waals surface area contributed by atoms with Crippen molar-refractivity contribution in [2.45, 2.75) is 45.3 Å². The van der Waals surface area contributed by atoms with Crippen molar-refractivity contribution in [3.05, 3.63) is 29.3 Å². The van der Waals surface area contributed by atoms with E-state index in [1.807, 2.05) is 0 Å². The molecule has 1 unspecified atom stereocenters. The highest BCUT2D eigenvalue weighted by molar-refractivity contribution is 6.26. The Morgan fingerprint density at radius 2 is 1.57 bits per heavy atom. The van der Waals surface area contributed by atoms with Gasteiger partial charge in [0.1, 0.15) is 18.2 Å². The van der Waals surface area contributed by atoms with E-state index in [4.69, 9.17) is 29.4 Å². The lowest BCUT2D eigenvalue weighted by Gasteiger charge is -2.27. The van der Waals surface area contributed by atoms with Crippen LogP contribution in [0, 0.1) is 0 Å². The van der Waals surface area contributed by atoms with Gasteiger partial charge in [0, 0.05) is 26.1 Å². The minimum absolute atomic E-state index is 0.00251. The topological polar surface area (TPSA) is 205 Å². The standard InChI is InChI=1S/C30H43N5O11/c1-30(2,3)46-29(41)34(10-13-42-12-9-31)11-14-43-15-16-44-17-18-45-19-24(37)32-21-6-4-5-20-25(21)28(40)35(27(20)39)22-7-8-23(36)33-26(22)38/h4-6,22H,7-19,31H2,1-3H3,(H,32,37)(H,33,36,38). The summed E-state index contributed by atoms with van der Waals surface area (Å²) < 4.78 is 27.2. The molecular formula is C30H43N5O11. The van der Waals surface area contributed by atoms with Crippen molar-refractivity contribution in [3.63, 3.8) is 0 Å². The number of nitrogens with two attached hydrogens (primary N) is 1. The van der Waals surface area contributed by atoms with E-state index < -0.39 is 47.3 Å². The number of nitrogens with zero attached hydrogens (tertiary/aromatic N) is 2. The normalized spacial score (nSPS) is 16.3. The summed E-state index contributed by atoms with van der Waals surface area (Å²) in [5, 5.41) is 4.72. The van der Waals surface area contributed by atoms with E-state index in [9.17, 15) is 28.8 Å². The van der Waals surface area contributed by atoms with E-state index in [1.54, 1.807) is 20.8 Å². The number of hydrogen-bond donors (Lipinski definition) is 3. The zero-order valence-corrected chi connectivity index (χ0v) is 26.5. The fourth-order valence-electron chi connectivity index (χ4n) is 4.57. The fraction of sp³-hybridized carbons (Fsp3) is 0.600. The number of fused-ring (bicyclic) bond motifs is 1. The van der Waals surface area contributed by atoms with Gasteiger partial charge in [-0.15, -0.1) is 0 Å². The third kappa shape index (κ3) is 10.8. The van der Waals surface area contributed by atoms with Crippen molar-refractivity contribution >= 4 is 41.3 Å². The molecule has 254 valence electrons. The predicted molar refractivity (Wildman–Crippen MR) is 162 cm³/mol. The van der Waals surface area contributed by atoms with Crippen molar-refractivity contribution in [1.82, 2.24) is 15.1 Å². The molecule has 1 atom stereocenters. The average molecular weight is 650 g/mol. The second-order valence-electron chi connectivity index (χ2n) is 11.4. The fourth-order valence-corrected chi connectivity index (χ4v) is 4.57. The quantitative estimate of drug-likeness (QED) is 0.145. The molecule has 0 bridgehead atoms. The second kappa shape index (κ2) is 17.7. The molecule has 2 aliphatic rings. The van der Waals surface area contributed by atoms with Crippen molar-refractivity contribution in [1.29, 1.82) is 0 Å². The third-order valence-corrected chi connectivity index (χ3v) is 6.64. The summed E-state index contributed by atoms with van der Waals surface area (Å²) in [6, 6.07) is 3.31. The molecule has 0 radical (unpaired) electrons. The Morgan fingerprint density at radius 1 is 0.935 bits per heavy atom. The molecule has 0 spiro atoms. The van der Waals surface area contributed by atoms with Gasteiger partial charge < -0.3 is 39.6 Å². The minimum Gasteiger partial charge on any atom is -0.444 e. The van der Waals surface area contributed by atoms with Crippen LogP contribution in [0.1, 0.15) is 54.3 Å². The van der Waals surface area contributed by atoms with Crippen LogP contribution in [0.2, 0.25) is 0 Å². The first-order valence-electron chi connectivity index (χ1n) is 15.1. The van der Waals surface area contributed by atoms with Gasteiger partial charge in [-0.25, -0.2) is 4.79 Å². The summed E-state index contributed by atoms with van der Waals surface area (Å²) in [5.41, 5.74) is 4.93. The maximum atomic E-state index is 13.1. The van der Waals surface area contributed by atoms with Gasteiger partial charge in [0.05, 0.1) is 63.1 Å². The van der Waals surface area contributed by atoms with Crippen LogP contribution in [0.25, 0.3) is 0 Å². The number of nitrogens with one attached hydrogen (secondary N) is 2. The summed E-state index contributed by atoms with van der Waals surface area (Å²) in [6.45, 7) is 7.88. The third-order valence-electron chi connectivity index (χ3n) is 6.64. The van der Waals surface area contributed by atoms with Gasteiger partial charge in [0.25, 0.3) is 11.8 Å². The van der Waals surface area contributed by atoms with Crippen LogP contribution in [0.4, 0.5) is 10.5 Å². The highest BCUT2D eigenvalue weighted by atomic mass is 16.6. The van der Waals surface area contributed by atoms with Crippen LogP contribution in [0.15, 0.2) is 18.2 Å². The van der Waals surface area contributed by atoms with Gasteiger partial charge in [-0.2, -0.15) is 0 Å². The number of carbonyl (C=O) groups excluding carboxylic acids is 6. The van der Waals surface area contributed by atoms with E-state index >= 15 is 0 Å². The smallest absolute Gasteiger partial charge is 0.410 e. The van der Waals surface area contributed by atoms with Crippen molar-refractivity contribution in [3.8, 4) is 0 Å². The maximum Gasteiger partial charge on any atom is 0.410 e. The van der Waals surface area contributed by atoms with Crippen LogP contribution < -0.4 is 16.4 Å². The number of carbonyl (C=O) groups is 6. The van der Waals surface area contributed by atoms with Crippen LogP contribution in [-0.4, -0.2) is 130 Å². The summed E-state index contributed by atoms with van der Waals surface area (Å²) in [7, 11) is 0. The Balaban J connectivity index is 1.33. The van der Waals surface area contributed by atoms with Crippen LogP contribution in [0.3, 0.4) is 0 Å². The van der Waals surface area contributed by atoms with E-state index in [2.05, 4.69) is 10.6 Å². The number of ether oxygens (including phenoxy) is 5. The first-order chi connectivity index (χ1) is 21.9. The second-order valence-corrected chi connectivity index (χ2v) is 11.4. The zero-order valence-electron chi connectivity index (χ0n) is 26.5. The van der Waals surface area contributed by atoms with Crippen LogP contribution in [0.5, 0.6) is 0 Å². The molecule has 1 fully saturated rings. The Kier molecular flexibility index (Phi) is 14.0. The van der Waals surface area contributed by atoms with Gasteiger partial charge >= 0.3 is 6.09 Å². The molecule has 1 aromatic rings. The molecule has 3 rings (SSSR count). The molecule has 1 aromatic carbocycles. The number of piperidine rings is 1. The van der Waals surface area contributed by atoms with Gasteiger partial charge in [-0.05, 0) is 39.3 Å². The summed E-state index contributed by atoms with van der Waals surface area (Å²) in [6.07, 6.45) is -0.434. The summed E-state index contributed by atoms with van der Waals surface area (Å²) in [5.74, 6) is -3.14. The Bertz CT molecular complexity index is 1270. The van der Waals surface area contributed by atoms with Crippen LogP contribution in [-0.2, 0) is 38.1 Å². The predicted octanol–water partition coefficient (Wildman–Crippen LogP) is 0.289. The van der Waals surface area contributed by atoms with Crippen LogP contribution >= 0.6 is 0 Å². The SMILES string of the molecule is CC(C)(C)OC(=O)N(CCOCCN)CCOCCOCCOCC(=O)Nc1cccc2c1C(=O)N(C1CCC(=O)NC1=O)C2=O. The number of hydrogen-bond acceptors (Lipinski definition) is 12. The molecule has 0 aromatic heterocycles. The molecule has 0 saturated carbocycles. The average Bonchev–Trinajstić information content (AvgIpc) is 3.24. The first kappa shape index (κ1) is 36.5. The molecule has 4 N–H and O–H groups in total. The monoisotopic (exact) mass is 649 g/mol. The Morgan fingerprint density at radius 3 is 2.20 bits per heavy atom. The summed E-state index contributed by atoms with van der Waals surface area (Å²) in [4.78, 5) is 77.1. The van der Waals surface area contributed by atoms with Crippen molar-refractivity contribution in [2.24, 2.45) is 5.73 Å². The number of amides is 6. The Hall–Kier alpha value is -3.96. The Labute approximate surface area is 267 Å². The van der Waals surface area contributed by atoms with Gasteiger partial charge in [0.15, 0.2) is 0 Å². The minimum atomic E-state index is -1.11. The molecule has 6 amide bonds. The van der Waals surface area contributed by atoms with E-state index in [0.29, 0.717) is 32.8 Å². The molecular weight excluding hydrogens is 606 g/mol. The van der Waals surface area contributed by atoms with E-state index in [0.717, 1.165) is 4.90 Å². The largest absolute Gasteiger partial charge is 0.444 e. The van der Waals surface area contributed by atoms with E-state index in [-0.39, 0.29) is 69.3 Å². The lowest BCUT2D eigenvalue weighted by atomic mass is 10.0. The van der Waals surface area contributed by atoms with Gasteiger partial charge in [-0.3, -0.25) is 34.2 Å². The highest BCUT2D eigenvalue weighted by Gasteiger charge is 2.45.